The van der Waals surface area contributed by atoms with Crippen LogP contribution in [0.5, 0.6) is 0 Å². The van der Waals surface area contributed by atoms with Gasteiger partial charge in [-0.15, -0.1) is 0 Å². The highest BCUT2D eigenvalue weighted by Gasteiger charge is 2.51. The van der Waals surface area contributed by atoms with E-state index in [0.29, 0.717) is 0 Å². The summed E-state index contributed by atoms with van der Waals surface area (Å²) >= 11 is 0. The van der Waals surface area contributed by atoms with Crippen LogP contribution in [0, 0.1) is 0 Å². The topological polar surface area (TPSA) is 0 Å². The molecule has 0 heteroatoms. The summed E-state index contributed by atoms with van der Waals surface area (Å²) < 4.78 is 0. The second-order valence-electron chi connectivity index (χ2n) is 15.2. The first-order chi connectivity index (χ1) is 27.8. The van der Waals surface area contributed by atoms with E-state index < -0.39 is 0 Å². The molecule has 0 saturated heterocycles. The van der Waals surface area contributed by atoms with Crippen molar-refractivity contribution in [3.63, 3.8) is 0 Å². The number of hydrogen-bond donors (Lipinski definition) is 0. The Morgan fingerprint density at radius 2 is 0.536 bits per heavy atom. The Morgan fingerprint density at radius 1 is 0.232 bits per heavy atom. The molecule has 0 atom stereocenters. The molecule has 11 rings (SSSR count). The first-order valence-electron chi connectivity index (χ1n) is 19.6. The van der Waals surface area contributed by atoms with E-state index in [1.807, 2.05) is 0 Å². The largest absolute Gasteiger partial charge is 0.0725 e. The summed E-state index contributed by atoms with van der Waals surface area (Å²) in [7, 11) is 0. The number of fused-ring (bicyclic) bond motifs is 10. The SMILES string of the molecule is c1ccc(-c2ccc(C(c3ccc(-c4ccccc4)cc3)c3ccc(-c4ccc5c(c4)C4(c6ccccc6-c6ccccc64)c4ccccc4-5)cc3)cc2)cc1. The van der Waals surface area contributed by atoms with Gasteiger partial charge in [-0.05, 0) is 101 Å². The molecule has 0 heterocycles. The lowest BCUT2D eigenvalue weighted by molar-refractivity contribution is 0.794. The van der Waals surface area contributed by atoms with Crippen molar-refractivity contribution in [1.29, 1.82) is 0 Å². The van der Waals surface area contributed by atoms with Crippen molar-refractivity contribution in [3.05, 3.63) is 263 Å². The van der Waals surface area contributed by atoms with Gasteiger partial charge in [-0.1, -0.05) is 218 Å². The van der Waals surface area contributed by atoms with E-state index in [2.05, 4.69) is 224 Å². The van der Waals surface area contributed by atoms with E-state index in [1.165, 1.54) is 94.6 Å². The molecule has 0 unspecified atom stereocenters. The predicted molar refractivity (Wildman–Crippen MR) is 233 cm³/mol. The lowest BCUT2D eigenvalue weighted by atomic mass is 9.70. The lowest BCUT2D eigenvalue weighted by Gasteiger charge is -2.30. The van der Waals surface area contributed by atoms with Crippen LogP contribution in [-0.2, 0) is 5.41 Å². The molecule has 9 aromatic carbocycles. The van der Waals surface area contributed by atoms with Crippen molar-refractivity contribution >= 4 is 0 Å². The fourth-order valence-corrected chi connectivity index (χ4v) is 9.72. The Balaban J connectivity index is 1.01. The zero-order valence-electron chi connectivity index (χ0n) is 30.9. The van der Waals surface area contributed by atoms with Crippen LogP contribution in [-0.4, -0.2) is 0 Å². The van der Waals surface area contributed by atoms with Crippen LogP contribution in [0.2, 0.25) is 0 Å². The van der Waals surface area contributed by atoms with Crippen LogP contribution in [0.1, 0.15) is 44.9 Å². The minimum atomic E-state index is -0.349. The average Bonchev–Trinajstić information content (AvgIpc) is 3.75. The summed E-state index contributed by atoms with van der Waals surface area (Å²) in [6.07, 6.45) is 0. The van der Waals surface area contributed by atoms with E-state index in [1.54, 1.807) is 0 Å². The van der Waals surface area contributed by atoms with E-state index >= 15 is 0 Å². The van der Waals surface area contributed by atoms with E-state index in [0.717, 1.165) is 0 Å². The molecule has 9 aromatic rings. The lowest BCUT2D eigenvalue weighted by Crippen LogP contribution is -2.25. The molecule has 0 radical (unpaired) electrons. The van der Waals surface area contributed by atoms with Gasteiger partial charge in [0.2, 0.25) is 0 Å². The second kappa shape index (κ2) is 13.1. The van der Waals surface area contributed by atoms with Crippen LogP contribution >= 0.6 is 0 Å². The van der Waals surface area contributed by atoms with Crippen LogP contribution in [0.3, 0.4) is 0 Å². The highest BCUT2D eigenvalue weighted by Crippen LogP contribution is 2.63. The van der Waals surface area contributed by atoms with Gasteiger partial charge in [0.1, 0.15) is 0 Å². The van der Waals surface area contributed by atoms with Gasteiger partial charge in [0, 0.05) is 5.92 Å². The molecule has 262 valence electrons. The highest BCUT2D eigenvalue weighted by atomic mass is 14.5. The van der Waals surface area contributed by atoms with Crippen LogP contribution in [0.15, 0.2) is 224 Å². The molecule has 0 N–H and O–H groups in total. The van der Waals surface area contributed by atoms with E-state index in [4.69, 9.17) is 0 Å². The van der Waals surface area contributed by atoms with Crippen LogP contribution in [0.4, 0.5) is 0 Å². The normalized spacial score (nSPS) is 12.9. The molecule has 0 bridgehead atoms. The average molecular weight is 711 g/mol. The van der Waals surface area contributed by atoms with Crippen molar-refractivity contribution < 1.29 is 0 Å². The molecular formula is C56H38. The monoisotopic (exact) mass is 710 g/mol. The van der Waals surface area contributed by atoms with Gasteiger partial charge in [-0.25, -0.2) is 0 Å². The number of hydrogen-bond acceptors (Lipinski definition) is 0. The smallest absolute Gasteiger partial charge is 0.0622 e. The van der Waals surface area contributed by atoms with E-state index in [-0.39, 0.29) is 11.3 Å². The molecule has 2 aliphatic carbocycles. The third-order valence-corrected chi connectivity index (χ3v) is 12.3. The molecule has 0 aliphatic heterocycles. The van der Waals surface area contributed by atoms with Gasteiger partial charge in [-0.2, -0.15) is 0 Å². The molecule has 0 saturated carbocycles. The maximum atomic E-state index is 2.48. The molecular weight excluding hydrogens is 673 g/mol. The van der Waals surface area contributed by atoms with Gasteiger partial charge in [0.15, 0.2) is 0 Å². The third-order valence-electron chi connectivity index (χ3n) is 12.3. The van der Waals surface area contributed by atoms with Crippen LogP contribution in [0.25, 0.3) is 55.6 Å². The Kier molecular flexibility index (Phi) is 7.57. The first-order valence-corrected chi connectivity index (χ1v) is 19.6. The Hall–Kier alpha value is -7.02. The molecule has 0 fully saturated rings. The van der Waals surface area contributed by atoms with Gasteiger partial charge >= 0.3 is 0 Å². The molecule has 2 aliphatic rings. The first kappa shape index (κ1) is 32.4. The predicted octanol–water partition coefficient (Wildman–Crippen LogP) is 14.2. The number of benzene rings is 9. The molecule has 1 spiro atoms. The summed E-state index contributed by atoms with van der Waals surface area (Å²) in [5.41, 5.74) is 21.7. The third kappa shape index (κ3) is 5.00. The fraction of sp³-hybridized carbons (Fsp3) is 0.0357. The Bertz CT molecular complexity index is 2720. The van der Waals surface area contributed by atoms with Gasteiger partial charge in [0.05, 0.1) is 5.41 Å². The zero-order valence-corrected chi connectivity index (χ0v) is 30.9. The standard InChI is InChI=1S/C56H38/c1-3-13-38(14-4-1)40-23-29-43(30-24-40)55(44-31-25-41(26-32-44)39-15-5-2-6-16-39)45-33-27-42(28-34-45)46-35-36-50-49-19-9-12-22-53(49)56(54(50)37-46)51-20-10-7-17-47(51)48-18-8-11-21-52(48)56/h1-37,55H. The maximum absolute atomic E-state index is 2.48. The minimum Gasteiger partial charge on any atom is -0.0622 e. The molecule has 56 heavy (non-hydrogen) atoms. The summed E-state index contributed by atoms with van der Waals surface area (Å²) in [4.78, 5) is 0. The minimum absolute atomic E-state index is 0.0861. The van der Waals surface area contributed by atoms with Gasteiger partial charge in [-0.3, -0.25) is 0 Å². The molecule has 0 nitrogen and oxygen atoms in total. The summed E-state index contributed by atoms with van der Waals surface area (Å²) in [5.74, 6) is 0.0861. The molecule has 0 amide bonds. The summed E-state index contributed by atoms with van der Waals surface area (Å²) in [5, 5.41) is 0. The quantitative estimate of drug-likeness (QED) is 0.151. The van der Waals surface area contributed by atoms with Crippen LogP contribution < -0.4 is 0 Å². The number of rotatable bonds is 6. The Labute approximate surface area is 329 Å². The van der Waals surface area contributed by atoms with Gasteiger partial charge in [0.25, 0.3) is 0 Å². The fourth-order valence-electron chi connectivity index (χ4n) is 9.72. The zero-order chi connectivity index (χ0) is 37.1. The highest BCUT2D eigenvalue weighted by molar-refractivity contribution is 5.95. The second-order valence-corrected chi connectivity index (χ2v) is 15.2. The summed E-state index contributed by atoms with van der Waals surface area (Å²) in [6, 6.07) is 83.2. The molecule has 0 aromatic heterocycles. The van der Waals surface area contributed by atoms with Crippen molar-refractivity contribution in [3.8, 4) is 55.6 Å². The van der Waals surface area contributed by atoms with Crippen molar-refractivity contribution in [2.75, 3.05) is 0 Å². The van der Waals surface area contributed by atoms with E-state index in [9.17, 15) is 0 Å². The van der Waals surface area contributed by atoms with Gasteiger partial charge < -0.3 is 0 Å². The Morgan fingerprint density at radius 3 is 0.946 bits per heavy atom. The van der Waals surface area contributed by atoms with Crippen molar-refractivity contribution in [2.24, 2.45) is 0 Å². The van der Waals surface area contributed by atoms with Crippen molar-refractivity contribution in [1.82, 2.24) is 0 Å². The maximum Gasteiger partial charge on any atom is 0.0725 e. The summed E-state index contributed by atoms with van der Waals surface area (Å²) in [6.45, 7) is 0. The van der Waals surface area contributed by atoms with Crippen molar-refractivity contribution in [2.45, 2.75) is 11.3 Å².